The van der Waals surface area contributed by atoms with E-state index in [1.54, 1.807) is 32.4 Å². The molecule has 1 aliphatic rings. The van der Waals surface area contributed by atoms with Crippen molar-refractivity contribution in [1.29, 1.82) is 0 Å². The van der Waals surface area contributed by atoms with Gasteiger partial charge in [-0.05, 0) is 41.3 Å². The van der Waals surface area contributed by atoms with Gasteiger partial charge in [-0.2, -0.15) is 5.06 Å². The van der Waals surface area contributed by atoms with Gasteiger partial charge >= 0.3 is 0 Å². The number of hydroxylamine groups is 2. The molecule has 4 rings (SSSR count). The van der Waals surface area contributed by atoms with Crippen LogP contribution in [-0.4, -0.2) is 53.1 Å². The van der Waals surface area contributed by atoms with E-state index >= 15 is 0 Å². The zero-order valence-electron chi connectivity index (χ0n) is 20.7. The first-order valence-corrected chi connectivity index (χ1v) is 13.3. The molecular formula is C27H32N2O6S. The maximum Gasteiger partial charge on any atom is 0.218 e. The van der Waals surface area contributed by atoms with Crippen molar-refractivity contribution in [2.24, 2.45) is 0 Å². The topological polar surface area (TPSA) is 86.3 Å². The Hall–Kier alpha value is -3.11. The number of sulfonamides is 1. The average Bonchev–Trinajstić information content (AvgIpc) is 3.30. The van der Waals surface area contributed by atoms with Gasteiger partial charge in [-0.3, -0.25) is 4.84 Å². The van der Waals surface area contributed by atoms with Crippen LogP contribution in [0.15, 0.2) is 72.8 Å². The van der Waals surface area contributed by atoms with E-state index in [0.29, 0.717) is 24.5 Å². The highest BCUT2D eigenvalue weighted by molar-refractivity contribution is 7.90. The van der Waals surface area contributed by atoms with Crippen LogP contribution in [0, 0.1) is 0 Å². The third-order valence-electron chi connectivity index (χ3n) is 6.24. The normalized spacial score (nSPS) is 18.2. The van der Waals surface area contributed by atoms with Gasteiger partial charge in [0.1, 0.15) is 17.6 Å². The van der Waals surface area contributed by atoms with E-state index in [-0.39, 0.29) is 13.2 Å². The van der Waals surface area contributed by atoms with Crippen molar-refractivity contribution in [3.63, 3.8) is 0 Å². The molecule has 0 aliphatic carbocycles. The lowest BCUT2D eigenvalue weighted by Gasteiger charge is -2.24. The molecule has 192 valence electrons. The molecule has 3 aromatic carbocycles. The lowest BCUT2D eigenvalue weighted by atomic mass is 10.0. The molecule has 0 spiro atoms. The van der Waals surface area contributed by atoms with Crippen LogP contribution in [0.3, 0.4) is 0 Å². The molecule has 2 unspecified atom stereocenters. The first-order chi connectivity index (χ1) is 17.4. The van der Waals surface area contributed by atoms with Crippen LogP contribution in [0.2, 0.25) is 0 Å². The summed E-state index contributed by atoms with van der Waals surface area (Å²) in [5, 5.41) is 0.794. The number of nitrogens with one attached hydrogen (secondary N) is 1. The van der Waals surface area contributed by atoms with Gasteiger partial charge in [0.25, 0.3) is 0 Å². The quantitative estimate of drug-likeness (QED) is 0.419. The molecule has 1 fully saturated rings. The molecule has 1 saturated heterocycles. The van der Waals surface area contributed by atoms with Crippen LogP contribution >= 0.6 is 0 Å². The maximum atomic E-state index is 13.3. The standard InChI is InChI=1S/C27H32N2O6S/c1-29-27(22-13-14-24(33-3)25(17-22)34-18-20-9-5-4-6-10-20)26(19-35-29)36(30,31)28-16-15-21-11-7-8-12-23(21)32-2/h4-14,17,26-28H,15-16,18-19H2,1-3H3. The molecule has 1 N–H and O–H groups in total. The van der Waals surface area contributed by atoms with Crippen molar-refractivity contribution >= 4 is 10.0 Å². The molecular weight excluding hydrogens is 480 g/mol. The second-order valence-corrected chi connectivity index (χ2v) is 10.5. The fourth-order valence-electron chi connectivity index (χ4n) is 4.35. The third kappa shape index (κ3) is 5.99. The molecule has 9 heteroatoms. The van der Waals surface area contributed by atoms with Crippen LogP contribution in [0.25, 0.3) is 0 Å². The van der Waals surface area contributed by atoms with Gasteiger partial charge in [-0.25, -0.2) is 13.1 Å². The minimum Gasteiger partial charge on any atom is -0.496 e. The number of rotatable bonds is 11. The van der Waals surface area contributed by atoms with E-state index < -0.39 is 21.3 Å². The molecule has 3 aromatic rings. The first-order valence-electron chi connectivity index (χ1n) is 11.7. The van der Waals surface area contributed by atoms with Crippen LogP contribution < -0.4 is 18.9 Å². The molecule has 0 bridgehead atoms. The second-order valence-electron chi connectivity index (χ2n) is 8.51. The van der Waals surface area contributed by atoms with Crippen molar-refractivity contribution in [2.75, 3.05) is 34.4 Å². The van der Waals surface area contributed by atoms with Crippen molar-refractivity contribution in [3.05, 3.63) is 89.5 Å². The smallest absolute Gasteiger partial charge is 0.218 e. The Kier molecular flexibility index (Phi) is 8.48. The summed E-state index contributed by atoms with van der Waals surface area (Å²) in [6.07, 6.45) is 0.511. The van der Waals surface area contributed by atoms with E-state index in [9.17, 15) is 8.42 Å². The highest BCUT2D eigenvalue weighted by Crippen LogP contribution is 2.38. The number of ether oxygens (including phenoxy) is 3. The van der Waals surface area contributed by atoms with Crippen molar-refractivity contribution < 1.29 is 27.5 Å². The SMILES string of the molecule is COc1ccccc1CCNS(=O)(=O)C1CON(C)C1c1ccc(OC)c(OCc2ccccc2)c1. The zero-order chi connectivity index (χ0) is 25.5. The van der Waals surface area contributed by atoms with Crippen LogP contribution in [0.5, 0.6) is 17.2 Å². The van der Waals surface area contributed by atoms with Gasteiger partial charge in [0.05, 0.1) is 26.9 Å². The highest BCUT2D eigenvalue weighted by Gasteiger charge is 2.43. The van der Waals surface area contributed by atoms with Crippen molar-refractivity contribution in [3.8, 4) is 17.2 Å². The summed E-state index contributed by atoms with van der Waals surface area (Å²) in [6, 6.07) is 22.3. The Morgan fingerprint density at radius 1 is 0.944 bits per heavy atom. The molecule has 0 amide bonds. The summed E-state index contributed by atoms with van der Waals surface area (Å²) in [4.78, 5) is 5.67. The molecule has 0 radical (unpaired) electrons. The minimum atomic E-state index is -3.69. The van der Waals surface area contributed by atoms with Crippen molar-refractivity contribution in [1.82, 2.24) is 9.79 Å². The Labute approximate surface area is 212 Å². The summed E-state index contributed by atoms with van der Waals surface area (Å²) in [5.41, 5.74) is 2.72. The molecule has 36 heavy (non-hydrogen) atoms. The summed E-state index contributed by atoms with van der Waals surface area (Å²) in [6.45, 7) is 0.672. The second kappa shape index (κ2) is 11.7. The van der Waals surface area contributed by atoms with E-state index in [1.165, 1.54) is 0 Å². The lowest BCUT2D eigenvalue weighted by molar-refractivity contribution is -0.110. The van der Waals surface area contributed by atoms with Crippen LogP contribution in [-0.2, 0) is 27.9 Å². The van der Waals surface area contributed by atoms with Gasteiger partial charge in [0.2, 0.25) is 10.0 Å². The number of hydrogen-bond donors (Lipinski definition) is 1. The van der Waals surface area contributed by atoms with E-state index in [0.717, 1.165) is 22.4 Å². The zero-order valence-corrected chi connectivity index (χ0v) is 21.5. The van der Waals surface area contributed by atoms with Crippen LogP contribution in [0.4, 0.5) is 0 Å². The minimum absolute atomic E-state index is 0.0530. The Bertz CT molecular complexity index is 1250. The summed E-state index contributed by atoms with van der Waals surface area (Å²) in [7, 11) is 1.23. The van der Waals surface area contributed by atoms with Crippen LogP contribution in [0.1, 0.15) is 22.7 Å². The number of para-hydroxylation sites is 1. The Morgan fingerprint density at radius 2 is 1.67 bits per heavy atom. The number of methoxy groups -OCH3 is 2. The van der Waals surface area contributed by atoms with Gasteiger partial charge in [-0.15, -0.1) is 0 Å². The van der Waals surface area contributed by atoms with Gasteiger partial charge in [-0.1, -0.05) is 54.6 Å². The summed E-state index contributed by atoms with van der Waals surface area (Å²) in [5.74, 6) is 1.85. The molecule has 8 nitrogen and oxygen atoms in total. The number of benzene rings is 3. The number of hydrogen-bond acceptors (Lipinski definition) is 7. The van der Waals surface area contributed by atoms with Gasteiger partial charge < -0.3 is 14.2 Å². The van der Waals surface area contributed by atoms with E-state index in [4.69, 9.17) is 19.0 Å². The third-order valence-corrected chi connectivity index (χ3v) is 8.04. The van der Waals surface area contributed by atoms with Gasteiger partial charge in [0, 0.05) is 13.6 Å². The fraction of sp³-hybridized carbons (Fsp3) is 0.333. The fourth-order valence-corrected chi connectivity index (χ4v) is 5.86. The molecule has 0 saturated carbocycles. The Morgan fingerprint density at radius 3 is 2.42 bits per heavy atom. The molecule has 2 atom stereocenters. The monoisotopic (exact) mass is 512 g/mol. The highest BCUT2D eigenvalue weighted by atomic mass is 32.2. The predicted molar refractivity (Wildman–Crippen MR) is 138 cm³/mol. The molecule has 0 aromatic heterocycles. The number of nitrogens with zero attached hydrogens (tertiary/aromatic N) is 1. The van der Waals surface area contributed by atoms with E-state index in [2.05, 4.69) is 4.72 Å². The summed E-state index contributed by atoms with van der Waals surface area (Å²) >= 11 is 0. The molecule has 1 aliphatic heterocycles. The largest absolute Gasteiger partial charge is 0.496 e. The summed E-state index contributed by atoms with van der Waals surface area (Å²) < 4.78 is 46.3. The molecule has 1 heterocycles. The van der Waals surface area contributed by atoms with E-state index in [1.807, 2.05) is 66.7 Å². The maximum absolute atomic E-state index is 13.3. The predicted octanol–water partition coefficient (Wildman–Crippen LogP) is 3.73. The lowest BCUT2D eigenvalue weighted by Crippen LogP contribution is -2.40. The first kappa shape index (κ1) is 26.0. The van der Waals surface area contributed by atoms with Gasteiger partial charge in [0.15, 0.2) is 11.5 Å². The Balaban J connectivity index is 1.50. The average molecular weight is 513 g/mol. The van der Waals surface area contributed by atoms with Crippen molar-refractivity contribution in [2.45, 2.75) is 24.3 Å².